The summed E-state index contributed by atoms with van der Waals surface area (Å²) in [5.41, 5.74) is 7.40. The van der Waals surface area contributed by atoms with Gasteiger partial charge >= 0.3 is 0 Å². The molecule has 2 N–H and O–H groups in total. The van der Waals surface area contributed by atoms with Crippen LogP contribution in [0.2, 0.25) is 0 Å². The summed E-state index contributed by atoms with van der Waals surface area (Å²) in [6.45, 7) is 5.10. The molecule has 0 fully saturated rings. The number of anilines is 1. The fourth-order valence-electron chi connectivity index (χ4n) is 1.40. The highest BCUT2D eigenvalue weighted by molar-refractivity contribution is 5.79. The van der Waals surface area contributed by atoms with Crippen LogP contribution >= 0.6 is 0 Å². The number of hydrogen-bond donors (Lipinski definition) is 1. The highest BCUT2D eigenvalue weighted by Crippen LogP contribution is 2.14. The second-order valence-electron chi connectivity index (χ2n) is 3.32. The van der Waals surface area contributed by atoms with E-state index >= 15 is 0 Å². The van der Waals surface area contributed by atoms with Crippen molar-refractivity contribution in [3.05, 3.63) is 29.8 Å². The van der Waals surface area contributed by atoms with Gasteiger partial charge in [0.1, 0.15) is 0 Å². The van der Waals surface area contributed by atoms with Crippen LogP contribution in [0, 0.1) is 6.92 Å². The average Bonchev–Trinajstić information content (AvgIpc) is 2.14. The van der Waals surface area contributed by atoms with Crippen LogP contribution in [-0.2, 0) is 4.79 Å². The Bertz CT molecular complexity index is 323. The van der Waals surface area contributed by atoms with Crippen LogP contribution in [0.4, 0.5) is 5.69 Å². The van der Waals surface area contributed by atoms with Gasteiger partial charge in [0.15, 0.2) is 0 Å². The lowest BCUT2D eigenvalue weighted by Crippen LogP contribution is -2.33. The van der Waals surface area contributed by atoms with Crippen molar-refractivity contribution in [1.29, 1.82) is 0 Å². The van der Waals surface area contributed by atoms with Crippen molar-refractivity contribution in [1.82, 2.24) is 0 Å². The van der Waals surface area contributed by atoms with E-state index in [0.29, 0.717) is 0 Å². The Hall–Kier alpha value is -1.51. The number of rotatable bonds is 4. The number of nitrogens with zero attached hydrogens (tertiary/aromatic N) is 1. The number of carbonyl (C=O) groups is 1. The fraction of sp³-hybridized carbons (Fsp3) is 0.364. The Balaban J connectivity index is 2.83. The standard InChI is InChI=1S/C11H16N2O/c1-3-13(8-11(12)14)10-6-4-5-9(2)7-10/h4-7H,3,8H2,1-2H3,(H2,12,14). The van der Waals surface area contributed by atoms with E-state index in [1.165, 1.54) is 5.56 Å². The molecule has 14 heavy (non-hydrogen) atoms. The van der Waals surface area contributed by atoms with Gasteiger partial charge in [0.05, 0.1) is 6.54 Å². The number of primary amides is 1. The third-order valence-electron chi connectivity index (χ3n) is 2.10. The first-order chi connectivity index (χ1) is 6.63. The minimum atomic E-state index is -0.298. The molecule has 0 saturated carbocycles. The predicted molar refractivity (Wildman–Crippen MR) is 58.3 cm³/mol. The molecule has 1 rings (SSSR count). The molecule has 3 nitrogen and oxygen atoms in total. The van der Waals surface area contributed by atoms with E-state index in [0.717, 1.165) is 12.2 Å². The Kier molecular flexibility index (Phi) is 3.51. The molecule has 0 aliphatic heterocycles. The summed E-state index contributed by atoms with van der Waals surface area (Å²) in [7, 11) is 0. The number of amides is 1. The zero-order valence-corrected chi connectivity index (χ0v) is 8.66. The minimum absolute atomic E-state index is 0.278. The number of carbonyl (C=O) groups excluding carboxylic acids is 1. The quantitative estimate of drug-likeness (QED) is 0.781. The molecule has 0 aliphatic rings. The van der Waals surface area contributed by atoms with Gasteiger partial charge in [0, 0.05) is 12.2 Å². The first kappa shape index (κ1) is 10.6. The third-order valence-corrected chi connectivity index (χ3v) is 2.10. The van der Waals surface area contributed by atoms with Crippen molar-refractivity contribution in [2.45, 2.75) is 13.8 Å². The average molecular weight is 192 g/mol. The highest BCUT2D eigenvalue weighted by Gasteiger charge is 2.06. The summed E-state index contributed by atoms with van der Waals surface area (Å²) in [6.07, 6.45) is 0. The SMILES string of the molecule is CCN(CC(N)=O)c1cccc(C)c1. The van der Waals surface area contributed by atoms with Crippen LogP contribution in [0.5, 0.6) is 0 Å². The lowest BCUT2D eigenvalue weighted by Gasteiger charge is -2.21. The smallest absolute Gasteiger partial charge is 0.236 e. The van der Waals surface area contributed by atoms with Crippen LogP contribution in [0.3, 0.4) is 0 Å². The molecule has 0 unspecified atom stereocenters. The minimum Gasteiger partial charge on any atom is -0.368 e. The zero-order valence-electron chi connectivity index (χ0n) is 8.66. The molecule has 0 aromatic heterocycles. The Morgan fingerprint density at radius 1 is 1.50 bits per heavy atom. The number of hydrogen-bond acceptors (Lipinski definition) is 2. The molecule has 0 aliphatic carbocycles. The van der Waals surface area contributed by atoms with E-state index < -0.39 is 0 Å². The van der Waals surface area contributed by atoms with Crippen molar-refractivity contribution < 1.29 is 4.79 Å². The van der Waals surface area contributed by atoms with Crippen LogP contribution in [-0.4, -0.2) is 19.0 Å². The van der Waals surface area contributed by atoms with Crippen LogP contribution in [0.15, 0.2) is 24.3 Å². The van der Waals surface area contributed by atoms with Crippen molar-refractivity contribution in [3.63, 3.8) is 0 Å². The molecule has 0 bridgehead atoms. The zero-order chi connectivity index (χ0) is 10.6. The maximum Gasteiger partial charge on any atom is 0.236 e. The van der Waals surface area contributed by atoms with Gasteiger partial charge < -0.3 is 10.6 Å². The topological polar surface area (TPSA) is 46.3 Å². The number of likely N-dealkylation sites (N-methyl/N-ethyl adjacent to an activating group) is 1. The largest absolute Gasteiger partial charge is 0.368 e. The molecule has 0 spiro atoms. The summed E-state index contributed by atoms with van der Waals surface area (Å²) in [6, 6.07) is 8.04. The molecule has 3 heteroatoms. The van der Waals surface area contributed by atoms with E-state index in [9.17, 15) is 4.79 Å². The number of nitrogens with two attached hydrogens (primary N) is 1. The molecule has 0 heterocycles. The predicted octanol–water partition coefficient (Wildman–Crippen LogP) is 1.31. The molecule has 0 saturated heterocycles. The lowest BCUT2D eigenvalue weighted by molar-refractivity contribution is -0.116. The summed E-state index contributed by atoms with van der Waals surface area (Å²) < 4.78 is 0. The summed E-state index contributed by atoms with van der Waals surface area (Å²) in [5.74, 6) is -0.298. The molecule has 1 aromatic carbocycles. The molecule has 76 valence electrons. The second-order valence-corrected chi connectivity index (χ2v) is 3.32. The number of aryl methyl sites for hydroxylation is 1. The first-order valence-corrected chi connectivity index (χ1v) is 4.73. The summed E-state index contributed by atoms with van der Waals surface area (Å²) in [5, 5.41) is 0. The van der Waals surface area contributed by atoms with Gasteiger partial charge in [-0.3, -0.25) is 4.79 Å². The van der Waals surface area contributed by atoms with Gasteiger partial charge in [-0.05, 0) is 31.5 Å². The van der Waals surface area contributed by atoms with E-state index in [2.05, 4.69) is 0 Å². The van der Waals surface area contributed by atoms with Gasteiger partial charge in [-0.2, -0.15) is 0 Å². The van der Waals surface area contributed by atoms with E-state index in [4.69, 9.17) is 5.73 Å². The molecule has 0 atom stereocenters. The Labute approximate surface area is 84.5 Å². The van der Waals surface area contributed by atoms with Crippen molar-refractivity contribution in [3.8, 4) is 0 Å². The molecular formula is C11H16N2O. The molecule has 1 aromatic rings. The molecule has 0 radical (unpaired) electrons. The third kappa shape index (κ3) is 2.76. The molecular weight excluding hydrogens is 176 g/mol. The number of benzene rings is 1. The van der Waals surface area contributed by atoms with Crippen LogP contribution in [0.25, 0.3) is 0 Å². The summed E-state index contributed by atoms with van der Waals surface area (Å²) in [4.78, 5) is 12.8. The highest BCUT2D eigenvalue weighted by atomic mass is 16.1. The maximum atomic E-state index is 10.8. The van der Waals surface area contributed by atoms with Crippen molar-refractivity contribution in [2.24, 2.45) is 5.73 Å². The Morgan fingerprint density at radius 2 is 2.21 bits per heavy atom. The van der Waals surface area contributed by atoms with E-state index in [-0.39, 0.29) is 12.5 Å². The monoisotopic (exact) mass is 192 g/mol. The van der Waals surface area contributed by atoms with Crippen molar-refractivity contribution >= 4 is 11.6 Å². The van der Waals surface area contributed by atoms with Crippen LogP contribution in [0.1, 0.15) is 12.5 Å². The second kappa shape index (κ2) is 4.65. The van der Waals surface area contributed by atoms with Gasteiger partial charge in [-0.25, -0.2) is 0 Å². The summed E-state index contributed by atoms with van der Waals surface area (Å²) >= 11 is 0. The van der Waals surface area contributed by atoms with E-state index in [1.54, 1.807) is 0 Å². The van der Waals surface area contributed by atoms with E-state index in [1.807, 2.05) is 43.0 Å². The maximum absolute atomic E-state index is 10.8. The lowest BCUT2D eigenvalue weighted by atomic mass is 10.2. The van der Waals surface area contributed by atoms with Crippen molar-refractivity contribution in [2.75, 3.05) is 18.0 Å². The normalized spacial score (nSPS) is 9.86. The van der Waals surface area contributed by atoms with Crippen LogP contribution < -0.4 is 10.6 Å². The Morgan fingerprint density at radius 3 is 2.71 bits per heavy atom. The van der Waals surface area contributed by atoms with Gasteiger partial charge in [-0.1, -0.05) is 12.1 Å². The van der Waals surface area contributed by atoms with Gasteiger partial charge in [0.25, 0.3) is 0 Å². The first-order valence-electron chi connectivity index (χ1n) is 4.73. The fourth-order valence-corrected chi connectivity index (χ4v) is 1.40. The van der Waals surface area contributed by atoms with Gasteiger partial charge in [0.2, 0.25) is 5.91 Å². The van der Waals surface area contributed by atoms with Gasteiger partial charge in [-0.15, -0.1) is 0 Å². The molecule has 1 amide bonds.